The van der Waals surface area contributed by atoms with E-state index >= 15 is 0 Å². The molecule has 0 aliphatic heterocycles. The van der Waals surface area contributed by atoms with Gasteiger partial charge in [0.1, 0.15) is 0 Å². The lowest BCUT2D eigenvalue weighted by Crippen LogP contribution is -2.28. The van der Waals surface area contributed by atoms with Gasteiger partial charge in [-0.15, -0.1) is 0 Å². The Morgan fingerprint density at radius 1 is 0.173 bits per heavy atom. The van der Waals surface area contributed by atoms with E-state index in [2.05, 4.69) is 387 Å². The van der Waals surface area contributed by atoms with Crippen molar-refractivity contribution in [1.82, 2.24) is 24.9 Å². The van der Waals surface area contributed by atoms with Gasteiger partial charge in [0, 0.05) is 45.8 Å². The minimum absolute atomic E-state index is 0.362. The molecule has 0 amide bonds. The normalized spacial score (nSPS) is 12.7. The number of pyridine rings is 1. The number of hydrogen-bond donors (Lipinski definition) is 0. The van der Waals surface area contributed by atoms with E-state index in [0.717, 1.165) is 72.8 Å². The molecule has 1 spiro atoms. The fraction of sp³-hybridized carbons (Fsp3) is 0.0190. The highest BCUT2D eigenvalue weighted by Crippen LogP contribution is 2.64. The molecule has 0 saturated carbocycles. The average molecular weight is 1400 g/mol. The Kier molecular flexibility index (Phi) is 16.3. The van der Waals surface area contributed by atoms with Crippen molar-refractivity contribution in [1.29, 1.82) is 0 Å². The Hall–Kier alpha value is -14.4. The van der Waals surface area contributed by atoms with Gasteiger partial charge < -0.3 is 0 Å². The zero-order valence-corrected chi connectivity index (χ0v) is 60.1. The van der Waals surface area contributed by atoms with E-state index in [1.54, 1.807) is 6.20 Å². The molecule has 5 heteroatoms. The third-order valence-corrected chi connectivity index (χ3v) is 22.5. The number of nitrogens with zero attached hydrogens (tertiary/aromatic N) is 5. The molecular formula is C105H69N5. The second kappa shape index (κ2) is 27.5. The van der Waals surface area contributed by atoms with Crippen LogP contribution in [0, 0.1) is 0 Å². The van der Waals surface area contributed by atoms with Gasteiger partial charge in [-0.2, -0.15) is 0 Å². The fourth-order valence-electron chi connectivity index (χ4n) is 17.5. The molecule has 0 bridgehead atoms. The van der Waals surface area contributed by atoms with Gasteiger partial charge in [0.25, 0.3) is 0 Å². The molecule has 110 heavy (non-hydrogen) atoms. The molecule has 0 unspecified atom stereocenters. The number of rotatable bonds is 12. The number of fused-ring (bicyclic) bond motifs is 13. The summed E-state index contributed by atoms with van der Waals surface area (Å²) < 4.78 is 0. The van der Waals surface area contributed by atoms with Gasteiger partial charge in [-0.05, 0) is 141 Å². The third kappa shape index (κ3) is 11.0. The quantitative estimate of drug-likeness (QED) is 0.122. The van der Waals surface area contributed by atoms with Crippen LogP contribution in [0.1, 0.15) is 44.5 Å². The van der Waals surface area contributed by atoms with Gasteiger partial charge in [0.05, 0.1) is 33.6 Å². The highest BCUT2D eigenvalue weighted by atomic mass is 14.9. The summed E-state index contributed by atoms with van der Waals surface area (Å²) in [5, 5.41) is 0. The first kappa shape index (κ1) is 65.2. The Balaban J connectivity index is 0.000000144. The van der Waals surface area contributed by atoms with E-state index in [4.69, 9.17) is 19.9 Å². The molecule has 3 aliphatic rings. The summed E-state index contributed by atoms with van der Waals surface area (Å²) >= 11 is 0. The molecular weight excluding hydrogens is 1330 g/mol. The molecule has 0 N–H and O–H groups in total. The highest BCUT2D eigenvalue weighted by molar-refractivity contribution is 6.01. The van der Waals surface area contributed by atoms with Gasteiger partial charge in [-0.3, -0.25) is 4.98 Å². The first-order valence-corrected chi connectivity index (χ1v) is 37.6. The zero-order chi connectivity index (χ0) is 73.0. The SMILES string of the molecule is c1ccc(-c2cc(-c3ccc(-c4cccc5c4-c4ccccc4C5(c4ccccc4)c4ccccc4)cc3)nc(-c3ccc(-c4cccnc4)cc3)n2)cc1.c1ccc(-c2ccc(-c3nc(-c4ccccc4)cc(-c4ccc(-c5cccc6c5-c5ccccc5C65c6ccccc6-c6ccccc65)cc4)n3)cc2)cc1. The minimum atomic E-state index is -0.439. The van der Waals surface area contributed by atoms with Crippen molar-refractivity contribution in [3.8, 4) is 146 Å². The maximum Gasteiger partial charge on any atom is 0.160 e. The molecule has 3 aliphatic carbocycles. The Morgan fingerprint density at radius 2 is 0.445 bits per heavy atom. The van der Waals surface area contributed by atoms with Crippen molar-refractivity contribution in [3.05, 3.63) is 463 Å². The van der Waals surface area contributed by atoms with E-state index in [0.29, 0.717) is 11.6 Å². The summed E-state index contributed by atoms with van der Waals surface area (Å²) in [6.45, 7) is 0. The van der Waals surface area contributed by atoms with Crippen molar-refractivity contribution >= 4 is 0 Å². The van der Waals surface area contributed by atoms with Crippen LogP contribution in [0.3, 0.4) is 0 Å². The van der Waals surface area contributed by atoms with Crippen molar-refractivity contribution < 1.29 is 0 Å². The summed E-state index contributed by atoms with van der Waals surface area (Å²) in [7, 11) is 0. The fourth-order valence-corrected chi connectivity index (χ4v) is 17.5. The number of hydrogen-bond acceptors (Lipinski definition) is 5. The van der Waals surface area contributed by atoms with Gasteiger partial charge in [-0.1, -0.05) is 388 Å². The maximum atomic E-state index is 5.17. The lowest BCUT2D eigenvalue weighted by Gasteiger charge is -2.34. The van der Waals surface area contributed by atoms with Crippen LogP contribution >= 0.6 is 0 Å². The van der Waals surface area contributed by atoms with E-state index in [1.807, 2.05) is 30.5 Å². The summed E-state index contributed by atoms with van der Waals surface area (Å²) in [5.41, 5.74) is 36.6. The second-order valence-electron chi connectivity index (χ2n) is 28.4. The van der Waals surface area contributed by atoms with Crippen LogP contribution in [-0.4, -0.2) is 24.9 Å². The molecule has 514 valence electrons. The summed E-state index contributed by atoms with van der Waals surface area (Å²) in [5.74, 6) is 1.40. The van der Waals surface area contributed by atoms with Gasteiger partial charge >= 0.3 is 0 Å². The van der Waals surface area contributed by atoms with E-state index in [-0.39, 0.29) is 5.41 Å². The molecule has 21 rings (SSSR count). The number of benzene rings is 15. The lowest BCUT2D eigenvalue weighted by molar-refractivity contribution is 0.768. The van der Waals surface area contributed by atoms with Gasteiger partial charge in [0.2, 0.25) is 0 Å². The lowest BCUT2D eigenvalue weighted by atomic mass is 9.67. The molecule has 0 fully saturated rings. The molecule has 0 atom stereocenters. The summed E-state index contributed by atoms with van der Waals surface area (Å²) in [4.78, 5) is 24.8. The molecule has 15 aromatic carbocycles. The molecule has 0 saturated heterocycles. The Bertz CT molecular complexity index is 6060. The van der Waals surface area contributed by atoms with Crippen molar-refractivity contribution in [2.45, 2.75) is 10.8 Å². The van der Waals surface area contributed by atoms with Crippen molar-refractivity contribution in [2.24, 2.45) is 0 Å². The van der Waals surface area contributed by atoms with E-state index < -0.39 is 5.41 Å². The van der Waals surface area contributed by atoms with Crippen LogP contribution in [0.5, 0.6) is 0 Å². The van der Waals surface area contributed by atoms with Crippen LogP contribution in [0.4, 0.5) is 0 Å². The summed E-state index contributed by atoms with van der Waals surface area (Å²) in [6, 6.07) is 146. The van der Waals surface area contributed by atoms with Crippen LogP contribution in [0.25, 0.3) is 146 Å². The molecule has 3 heterocycles. The minimum Gasteiger partial charge on any atom is -0.264 e. The molecule has 3 aromatic heterocycles. The largest absolute Gasteiger partial charge is 0.264 e. The van der Waals surface area contributed by atoms with Crippen molar-refractivity contribution in [2.75, 3.05) is 0 Å². The summed E-state index contributed by atoms with van der Waals surface area (Å²) in [6.07, 6.45) is 3.68. The molecule has 0 radical (unpaired) electrons. The maximum absolute atomic E-state index is 5.17. The predicted octanol–water partition coefficient (Wildman–Crippen LogP) is 25.7. The smallest absolute Gasteiger partial charge is 0.160 e. The number of aromatic nitrogens is 5. The second-order valence-corrected chi connectivity index (χ2v) is 28.4. The van der Waals surface area contributed by atoms with Crippen LogP contribution in [0.15, 0.2) is 419 Å². The standard InChI is InChI=1S/C53H34N2.C52H35N3/c1-3-14-35(15-4-1)36-26-32-40(33-27-36)52-54-49(38-16-5-2-6-17-38)34-50(55-52)39-30-28-37(29-31-39)41-21-13-25-48-51(41)44-20-9-12-24-47(44)53(48)45-22-10-7-18-42(45)43-19-8-11-23-46(43)53;1-4-14-38(15-5-1)48-34-49(55-51(54-48)40-31-25-36(26-32-40)41-16-13-33-53-35-41)39-29-27-37(28-30-39)44-22-12-24-47-50(44)45-21-10-11-23-46(45)52(47,42-17-6-2-7-18-42)43-19-8-3-9-20-43/h1-34H;1-35H. The first-order chi connectivity index (χ1) is 54.5. The van der Waals surface area contributed by atoms with Crippen molar-refractivity contribution in [3.63, 3.8) is 0 Å². The van der Waals surface area contributed by atoms with E-state index in [1.165, 1.54) is 106 Å². The topological polar surface area (TPSA) is 64.5 Å². The predicted molar refractivity (Wildman–Crippen MR) is 450 cm³/mol. The Morgan fingerprint density at radius 3 is 0.855 bits per heavy atom. The van der Waals surface area contributed by atoms with Crippen LogP contribution in [0.2, 0.25) is 0 Å². The highest BCUT2D eigenvalue weighted by Gasteiger charge is 2.52. The zero-order valence-electron chi connectivity index (χ0n) is 60.1. The average Bonchev–Trinajstić information content (AvgIpc) is 1.51. The third-order valence-electron chi connectivity index (χ3n) is 22.5. The van der Waals surface area contributed by atoms with Gasteiger partial charge in [-0.25, -0.2) is 19.9 Å². The first-order valence-electron chi connectivity index (χ1n) is 37.6. The molecule has 5 nitrogen and oxygen atoms in total. The Labute approximate surface area is 640 Å². The van der Waals surface area contributed by atoms with Crippen LogP contribution < -0.4 is 0 Å². The van der Waals surface area contributed by atoms with E-state index in [9.17, 15) is 0 Å². The monoisotopic (exact) mass is 1400 g/mol. The van der Waals surface area contributed by atoms with Gasteiger partial charge in [0.15, 0.2) is 11.6 Å². The molecule has 18 aromatic rings. The van der Waals surface area contributed by atoms with Crippen LogP contribution in [-0.2, 0) is 10.8 Å².